The standard InChI is InChI=1S/C19H23ClN2O3S/c1-13-5-7-16(8-6-13)11-21-18(23)12-22(26(4,24)25)19-15(3)9-14(2)10-17(19)20/h5-10H,11-12H2,1-4H3,(H,21,23). The second-order valence-corrected chi connectivity index (χ2v) is 8.76. The molecule has 7 heteroatoms. The van der Waals surface area contributed by atoms with Crippen molar-refractivity contribution in [3.05, 3.63) is 63.7 Å². The first-order valence-electron chi connectivity index (χ1n) is 8.14. The van der Waals surface area contributed by atoms with Gasteiger partial charge in [-0.25, -0.2) is 8.42 Å². The maximum absolute atomic E-state index is 12.3. The summed E-state index contributed by atoms with van der Waals surface area (Å²) in [4.78, 5) is 12.3. The van der Waals surface area contributed by atoms with Gasteiger partial charge < -0.3 is 5.32 Å². The third-order valence-corrected chi connectivity index (χ3v) is 5.35. The smallest absolute Gasteiger partial charge is 0.241 e. The van der Waals surface area contributed by atoms with E-state index in [0.717, 1.165) is 27.3 Å². The molecule has 2 aromatic carbocycles. The molecule has 26 heavy (non-hydrogen) atoms. The molecule has 0 aliphatic rings. The van der Waals surface area contributed by atoms with Crippen LogP contribution in [0.5, 0.6) is 0 Å². The lowest BCUT2D eigenvalue weighted by Crippen LogP contribution is -2.40. The van der Waals surface area contributed by atoms with Crippen LogP contribution in [0.4, 0.5) is 5.69 Å². The van der Waals surface area contributed by atoms with Crippen LogP contribution in [0.3, 0.4) is 0 Å². The summed E-state index contributed by atoms with van der Waals surface area (Å²) in [6.07, 6.45) is 1.07. The number of carbonyl (C=O) groups excluding carboxylic acids is 1. The highest BCUT2D eigenvalue weighted by atomic mass is 35.5. The third kappa shape index (κ3) is 5.22. The molecule has 1 N–H and O–H groups in total. The molecule has 0 heterocycles. The van der Waals surface area contributed by atoms with Crippen LogP contribution in [-0.4, -0.2) is 27.1 Å². The van der Waals surface area contributed by atoms with Gasteiger partial charge in [0.2, 0.25) is 15.9 Å². The number of nitrogens with one attached hydrogen (secondary N) is 1. The number of anilines is 1. The first-order valence-corrected chi connectivity index (χ1v) is 10.4. The van der Waals surface area contributed by atoms with Crippen molar-refractivity contribution in [2.24, 2.45) is 0 Å². The molecule has 0 unspecified atom stereocenters. The van der Waals surface area contributed by atoms with Gasteiger partial charge in [-0.1, -0.05) is 47.5 Å². The van der Waals surface area contributed by atoms with Crippen molar-refractivity contribution in [2.45, 2.75) is 27.3 Å². The molecule has 0 aliphatic carbocycles. The Kier molecular flexibility index (Phi) is 6.31. The van der Waals surface area contributed by atoms with E-state index in [9.17, 15) is 13.2 Å². The van der Waals surface area contributed by atoms with Crippen molar-refractivity contribution in [1.29, 1.82) is 0 Å². The number of hydrogen-bond donors (Lipinski definition) is 1. The summed E-state index contributed by atoms with van der Waals surface area (Å²) in [5.74, 6) is -0.396. The highest BCUT2D eigenvalue weighted by Gasteiger charge is 2.24. The Morgan fingerprint density at radius 1 is 1.08 bits per heavy atom. The highest BCUT2D eigenvalue weighted by Crippen LogP contribution is 2.32. The maximum Gasteiger partial charge on any atom is 0.241 e. The number of amides is 1. The topological polar surface area (TPSA) is 66.5 Å². The van der Waals surface area contributed by atoms with E-state index in [2.05, 4.69) is 5.32 Å². The molecular weight excluding hydrogens is 372 g/mol. The van der Waals surface area contributed by atoms with E-state index in [1.807, 2.05) is 44.2 Å². The molecule has 0 atom stereocenters. The molecule has 0 fully saturated rings. The summed E-state index contributed by atoms with van der Waals surface area (Å²) in [5.41, 5.74) is 4.04. The zero-order valence-electron chi connectivity index (χ0n) is 15.3. The lowest BCUT2D eigenvalue weighted by molar-refractivity contribution is -0.119. The normalized spacial score (nSPS) is 11.3. The van der Waals surface area contributed by atoms with Gasteiger partial charge in [0.05, 0.1) is 17.0 Å². The summed E-state index contributed by atoms with van der Waals surface area (Å²) in [6, 6.07) is 11.3. The van der Waals surface area contributed by atoms with Gasteiger partial charge in [-0.15, -0.1) is 0 Å². The molecule has 0 saturated heterocycles. The fourth-order valence-electron chi connectivity index (χ4n) is 2.68. The Morgan fingerprint density at radius 3 is 2.23 bits per heavy atom. The van der Waals surface area contributed by atoms with Gasteiger partial charge in [0.25, 0.3) is 0 Å². The molecule has 0 spiro atoms. The first-order chi connectivity index (χ1) is 12.1. The predicted molar refractivity (Wildman–Crippen MR) is 106 cm³/mol. The van der Waals surface area contributed by atoms with Crippen LogP contribution in [0.2, 0.25) is 5.02 Å². The number of nitrogens with zero attached hydrogens (tertiary/aromatic N) is 1. The molecule has 0 aliphatic heterocycles. The number of sulfonamides is 1. The van der Waals surface area contributed by atoms with Gasteiger partial charge in [0.15, 0.2) is 0 Å². The number of benzene rings is 2. The summed E-state index contributed by atoms with van der Waals surface area (Å²) in [6.45, 7) is 5.64. The van der Waals surface area contributed by atoms with Gasteiger partial charge in [-0.3, -0.25) is 9.10 Å². The molecule has 2 aromatic rings. The largest absolute Gasteiger partial charge is 0.350 e. The zero-order valence-corrected chi connectivity index (χ0v) is 16.9. The van der Waals surface area contributed by atoms with Gasteiger partial charge in [-0.2, -0.15) is 0 Å². The van der Waals surface area contributed by atoms with Gasteiger partial charge in [-0.05, 0) is 43.5 Å². The number of hydrogen-bond acceptors (Lipinski definition) is 3. The van der Waals surface area contributed by atoms with Crippen molar-refractivity contribution < 1.29 is 13.2 Å². The Bertz CT molecular complexity index is 886. The molecular formula is C19H23ClN2O3S. The Balaban J connectivity index is 2.19. The summed E-state index contributed by atoms with van der Waals surface area (Å²) >= 11 is 6.27. The van der Waals surface area contributed by atoms with Crippen molar-refractivity contribution >= 4 is 33.2 Å². The summed E-state index contributed by atoms with van der Waals surface area (Å²) < 4.78 is 25.6. The quantitative estimate of drug-likeness (QED) is 0.817. The number of aryl methyl sites for hydroxylation is 3. The number of carbonyl (C=O) groups is 1. The minimum atomic E-state index is -3.67. The molecule has 140 valence electrons. The Labute approximate surface area is 160 Å². The molecule has 0 saturated carbocycles. The van der Waals surface area contributed by atoms with Crippen molar-refractivity contribution in [3.8, 4) is 0 Å². The minimum Gasteiger partial charge on any atom is -0.350 e. The maximum atomic E-state index is 12.3. The highest BCUT2D eigenvalue weighted by molar-refractivity contribution is 7.92. The predicted octanol–water partition coefficient (Wildman–Crippen LogP) is 3.35. The van der Waals surface area contributed by atoms with Crippen LogP contribution in [0.1, 0.15) is 22.3 Å². The van der Waals surface area contributed by atoms with Crippen LogP contribution < -0.4 is 9.62 Å². The average molecular weight is 395 g/mol. The van der Waals surface area contributed by atoms with E-state index in [0.29, 0.717) is 22.8 Å². The van der Waals surface area contributed by atoms with Crippen LogP contribution in [0, 0.1) is 20.8 Å². The van der Waals surface area contributed by atoms with Crippen molar-refractivity contribution in [1.82, 2.24) is 5.32 Å². The SMILES string of the molecule is Cc1ccc(CNC(=O)CN(c2c(C)cc(C)cc2Cl)S(C)(=O)=O)cc1. The summed E-state index contributed by atoms with van der Waals surface area (Å²) in [7, 11) is -3.67. The van der Waals surface area contributed by atoms with E-state index in [-0.39, 0.29) is 6.54 Å². The second-order valence-electron chi connectivity index (χ2n) is 6.44. The summed E-state index contributed by atoms with van der Waals surface area (Å²) in [5, 5.41) is 3.06. The zero-order chi connectivity index (χ0) is 19.5. The van der Waals surface area contributed by atoms with E-state index in [4.69, 9.17) is 11.6 Å². The molecule has 0 radical (unpaired) electrons. The number of halogens is 1. The van der Waals surface area contributed by atoms with E-state index >= 15 is 0 Å². The molecule has 0 aromatic heterocycles. The second kappa shape index (κ2) is 8.10. The van der Waals surface area contributed by atoms with Crippen LogP contribution >= 0.6 is 11.6 Å². The fraction of sp³-hybridized carbons (Fsp3) is 0.316. The van der Waals surface area contributed by atoms with E-state index in [1.165, 1.54) is 0 Å². The van der Waals surface area contributed by atoms with Crippen LogP contribution in [0.25, 0.3) is 0 Å². The van der Waals surface area contributed by atoms with Gasteiger partial charge >= 0.3 is 0 Å². The monoisotopic (exact) mass is 394 g/mol. The average Bonchev–Trinajstić information content (AvgIpc) is 2.51. The molecule has 1 amide bonds. The first kappa shape index (κ1) is 20.3. The fourth-order valence-corrected chi connectivity index (χ4v) is 4.08. The van der Waals surface area contributed by atoms with E-state index < -0.39 is 15.9 Å². The van der Waals surface area contributed by atoms with Crippen molar-refractivity contribution in [3.63, 3.8) is 0 Å². The molecule has 0 bridgehead atoms. The van der Waals surface area contributed by atoms with E-state index in [1.54, 1.807) is 13.0 Å². The van der Waals surface area contributed by atoms with Crippen molar-refractivity contribution in [2.75, 3.05) is 17.1 Å². The van der Waals surface area contributed by atoms with Crippen LogP contribution in [0.15, 0.2) is 36.4 Å². The van der Waals surface area contributed by atoms with Gasteiger partial charge in [0.1, 0.15) is 6.54 Å². The molecule has 2 rings (SSSR count). The Hall–Kier alpha value is -2.05. The lowest BCUT2D eigenvalue weighted by Gasteiger charge is -2.25. The minimum absolute atomic E-state index is 0.305. The number of rotatable bonds is 6. The third-order valence-electron chi connectivity index (χ3n) is 3.95. The lowest BCUT2D eigenvalue weighted by atomic mass is 10.1. The Morgan fingerprint density at radius 2 is 1.69 bits per heavy atom. The van der Waals surface area contributed by atoms with Gasteiger partial charge in [0, 0.05) is 6.54 Å². The van der Waals surface area contributed by atoms with Crippen LogP contribution in [-0.2, 0) is 21.4 Å². The molecule has 5 nitrogen and oxygen atoms in total.